The lowest BCUT2D eigenvalue weighted by Gasteiger charge is -2.20. The van der Waals surface area contributed by atoms with Crippen molar-refractivity contribution in [2.45, 2.75) is 59.3 Å². The van der Waals surface area contributed by atoms with Gasteiger partial charge in [0.05, 0.1) is 12.8 Å². The molecule has 3 nitrogen and oxygen atoms in total. The highest BCUT2D eigenvalue weighted by Crippen LogP contribution is 2.49. The van der Waals surface area contributed by atoms with Gasteiger partial charge in [0.1, 0.15) is 5.75 Å². The van der Waals surface area contributed by atoms with Crippen molar-refractivity contribution in [2.75, 3.05) is 12.8 Å². The Morgan fingerprint density at radius 1 is 1.00 bits per heavy atom. The minimum Gasteiger partial charge on any atom is -0.424 e. The number of para-hydroxylation sites is 1. The summed E-state index contributed by atoms with van der Waals surface area (Å²) in [4.78, 5) is 0. The number of aryl methyl sites for hydroxylation is 1. The number of hydrogen-bond acceptors (Lipinski definition) is 3. The van der Waals surface area contributed by atoms with Crippen LogP contribution in [0.15, 0.2) is 24.3 Å². The highest BCUT2D eigenvalue weighted by Gasteiger charge is 2.25. The van der Waals surface area contributed by atoms with Gasteiger partial charge in [0.25, 0.3) is 0 Å². The maximum absolute atomic E-state index is 12.9. The number of benzene rings is 1. The Bertz CT molecular complexity index is 445. The average molecular weight is 312 g/mol. The van der Waals surface area contributed by atoms with Gasteiger partial charge in [-0.2, -0.15) is 0 Å². The number of hydrogen-bond donors (Lipinski definition) is 0. The van der Waals surface area contributed by atoms with E-state index in [0.29, 0.717) is 18.5 Å². The van der Waals surface area contributed by atoms with E-state index >= 15 is 0 Å². The zero-order valence-electron chi connectivity index (χ0n) is 13.6. The summed E-state index contributed by atoms with van der Waals surface area (Å²) in [5.41, 5.74) is 0.990. The van der Waals surface area contributed by atoms with E-state index in [9.17, 15) is 4.57 Å². The summed E-state index contributed by atoms with van der Waals surface area (Å²) in [6.45, 7) is 6.74. The third-order valence-electron chi connectivity index (χ3n) is 3.40. The summed E-state index contributed by atoms with van der Waals surface area (Å²) in [5, 5.41) is 0. The molecule has 1 rings (SSSR count). The first-order chi connectivity index (χ1) is 10.1. The van der Waals surface area contributed by atoms with Crippen molar-refractivity contribution < 1.29 is 13.6 Å². The Hall–Kier alpha value is -0.790. The van der Waals surface area contributed by atoms with Crippen LogP contribution in [0.5, 0.6) is 5.75 Å². The van der Waals surface area contributed by atoms with Crippen LogP contribution in [0.3, 0.4) is 0 Å². The van der Waals surface area contributed by atoms with E-state index in [1.54, 1.807) is 0 Å². The van der Waals surface area contributed by atoms with Crippen molar-refractivity contribution in [2.24, 2.45) is 0 Å². The Kier molecular flexibility index (Phi) is 8.72. The van der Waals surface area contributed by atoms with E-state index in [1.807, 2.05) is 31.2 Å². The van der Waals surface area contributed by atoms with Gasteiger partial charge in [-0.15, -0.1) is 0 Å². The van der Waals surface area contributed by atoms with Gasteiger partial charge in [0.15, 0.2) is 0 Å². The van der Waals surface area contributed by atoms with Crippen molar-refractivity contribution >= 4 is 7.60 Å². The molecule has 0 fully saturated rings. The normalized spacial score (nSPS) is 13.9. The third-order valence-corrected chi connectivity index (χ3v) is 5.32. The van der Waals surface area contributed by atoms with E-state index in [2.05, 4.69) is 13.8 Å². The second kappa shape index (κ2) is 10.0. The van der Waals surface area contributed by atoms with Crippen LogP contribution in [-0.2, 0) is 9.09 Å². The average Bonchev–Trinajstić information content (AvgIpc) is 2.48. The van der Waals surface area contributed by atoms with Crippen LogP contribution in [0, 0.1) is 6.92 Å². The minimum atomic E-state index is -3.03. The van der Waals surface area contributed by atoms with Gasteiger partial charge in [0, 0.05) is 0 Å². The van der Waals surface area contributed by atoms with E-state index in [1.165, 1.54) is 12.8 Å². The van der Waals surface area contributed by atoms with E-state index in [4.69, 9.17) is 9.05 Å². The highest BCUT2D eigenvalue weighted by molar-refractivity contribution is 7.54. The van der Waals surface area contributed by atoms with Gasteiger partial charge >= 0.3 is 7.60 Å². The molecule has 0 aliphatic heterocycles. The molecule has 1 aromatic rings. The van der Waals surface area contributed by atoms with Crippen LogP contribution in [0.1, 0.15) is 57.9 Å². The van der Waals surface area contributed by atoms with Gasteiger partial charge in [-0.25, -0.2) is 4.57 Å². The molecule has 1 aromatic carbocycles. The predicted octanol–water partition coefficient (Wildman–Crippen LogP) is 5.96. The quantitative estimate of drug-likeness (QED) is 0.373. The summed E-state index contributed by atoms with van der Waals surface area (Å²) < 4.78 is 24.3. The lowest BCUT2D eigenvalue weighted by molar-refractivity contribution is 0.257. The molecule has 0 radical (unpaired) electrons. The number of rotatable bonds is 11. The summed E-state index contributed by atoms with van der Waals surface area (Å²) in [5.74, 6) is 0.672. The minimum absolute atomic E-state index is 0.492. The van der Waals surface area contributed by atoms with Crippen LogP contribution in [0.25, 0.3) is 0 Å². The molecule has 0 saturated heterocycles. The standard InChI is InChI=1S/C17H29O3P/c1-4-6-8-11-14-19-21(18,15-7-5-2)20-17-13-10-9-12-16(17)3/h9-10,12-13H,4-8,11,14-15H2,1-3H3. The second-order valence-electron chi connectivity index (χ2n) is 5.44. The third kappa shape index (κ3) is 7.15. The molecule has 0 aromatic heterocycles. The maximum Gasteiger partial charge on any atom is 0.379 e. The SMILES string of the molecule is CCCCCCOP(=O)(CCCC)Oc1ccccc1C. The summed E-state index contributed by atoms with van der Waals surface area (Å²) in [6.07, 6.45) is 6.79. The molecule has 0 N–H and O–H groups in total. The first-order valence-corrected chi connectivity index (χ1v) is 9.83. The van der Waals surface area contributed by atoms with Crippen LogP contribution in [0.2, 0.25) is 0 Å². The Morgan fingerprint density at radius 3 is 2.38 bits per heavy atom. The molecule has 1 unspecified atom stereocenters. The summed E-state index contributed by atoms with van der Waals surface area (Å²) in [6, 6.07) is 7.66. The van der Waals surface area contributed by atoms with Crippen molar-refractivity contribution in [1.29, 1.82) is 0 Å². The first kappa shape index (κ1) is 18.3. The predicted molar refractivity (Wildman–Crippen MR) is 89.3 cm³/mol. The summed E-state index contributed by atoms with van der Waals surface area (Å²) in [7, 11) is -3.03. The molecular weight excluding hydrogens is 283 g/mol. The zero-order chi connectivity index (χ0) is 15.6. The van der Waals surface area contributed by atoms with Gasteiger partial charge in [0.2, 0.25) is 0 Å². The van der Waals surface area contributed by atoms with Crippen molar-refractivity contribution in [3.05, 3.63) is 29.8 Å². The molecule has 4 heteroatoms. The molecule has 0 saturated carbocycles. The van der Waals surface area contributed by atoms with Crippen molar-refractivity contribution in [3.8, 4) is 5.75 Å². The maximum atomic E-state index is 12.9. The molecule has 0 spiro atoms. The monoisotopic (exact) mass is 312 g/mol. The van der Waals surface area contributed by atoms with Crippen LogP contribution >= 0.6 is 7.60 Å². The van der Waals surface area contributed by atoms with Crippen LogP contribution < -0.4 is 4.52 Å². The molecule has 0 heterocycles. The molecule has 0 aliphatic carbocycles. The fourth-order valence-electron chi connectivity index (χ4n) is 2.03. The molecule has 1 atom stereocenters. The molecule has 0 amide bonds. The Balaban J connectivity index is 2.60. The smallest absolute Gasteiger partial charge is 0.379 e. The van der Waals surface area contributed by atoms with Gasteiger partial charge < -0.3 is 4.52 Å². The molecule has 120 valence electrons. The molecular formula is C17H29O3P. The van der Waals surface area contributed by atoms with E-state index in [-0.39, 0.29) is 0 Å². The van der Waals surface area contributed by atoms with E-state index in [0.717, 1.165) is 31.2 Å². The zero-order valence-corrected chi connectivity index (χ0v) is 14.5. The second-order valence-corrected chi connectivity index (χ2v) is 7.55. The molecule has 0 bridgehead atoms. The van der Waals surface area contributed by atoms with Gasteiger partial charge in [-0.1, -0.05) is 57.7 Å². The van der Waals surface area contributed by atoms with E-state index < -0.39 is 7.60 Å². The van der Waals surface area contributed by atoms with Crippen LogP contribution in [-0.4, -0.2) is 12.8 Å². The molecule has 0 aliphatic rings. The van der Waals surface area contributed by atoms with Crippen molar-refractivity contribution in [1.82, 2.24) is 0 Å². The topological polar surface area (TPSA) is 35.5 Å². The van der Waals surface area contributed by atoms with Crippen molar-refractivity contribution in [3.63, 3.8) is 0 Å². The van der Waals surface area contributed by atoms with Gasteiger partial charge in [-0.05, 0) is 31.4 Å². The highest BCUT2D eigenvalue weighted by atomic mass is 31.2. The largest absolute Gasteiger partial charge is 0.424 e. The first-order valence-electron chi connectivity index (χ1n) is 8.10. The number of unbranched alkanes of at least 4 members (excludes halogenated alkanes) is 4. The Morgan fingerprint density at radius 2 is 1.71 bits per heavy atom. The fraction of sp³-hybridized carbons (Fsp3) is 0.647. The summed E-state index contributed by atoms with van der Waals surface area (Å²) >= 11 is 0. The lowest BCUT2D eigenvalue weighted by atomic mass is 10.2. The van der Waals surface area contributed by atoms with Crippen LogP contribution in [0.4, 0.5) is 0 Å². The lowest BCUT2D eigenvalue weighted by Crippen LogP contribution is -2.05. The molecule has 21 heavy (non-hydrogen) atoms. The Labute approximate surface area is 129 Å². The fourth-order valence-corrected chi connectivity index (χ4v) is 3.92. The van der Waals surface area contributed by atoms with Gasteiger partial charge in [-0.3, -0.25) is 4.52 Å².